The molecule has 0 spiro atoms. The third-order valence-corrected chi connectivity index (χ3v) is 5.53. The van der Waals surface area contributed by atoms with E-state index < -0.39 is 11.9 Å². The SMILES string of the molecule is CCC1CCC(NC(=O)C2CC(C)CC2C(=O)O)C1C. The molecule has 4 heteroatoms. The molecule has 20 heavy (non-hydrogen) atoms. The highest BCUT2D eigenvalue weighted by molar-refractivity contribution is 5.85. The first-order valence-corrected chi connectivity index (χ1v) is 7.97. The Hall–Kier alpha value is -1.06. The molecule has 2 fully saturated rings. The molecule has 4 nitrogen and oxygen atoms in total. The lowest BCUT2D eigenvalue weighted by atomic mass is 9.92. The molecule has 2 aliphatic rings. The number of carbonyl (C=O) groups excluding carboxylic acids is 1. The van der Waals surface area contributed by atoms with Crippen molar-refractivity contribution in [2.24, 2.45) is 29.6 Å². The molecular formula is C16H27NO3. The Bertz CT molecular complexity index is 382. The van der Waals surface area contributed by atoms with Crippen LogP contribution in [0, 0.1) is 29.6 Å². The van der Waals surface area contributed by atoms with E-state index in [0.717, 1.165) is 12.8 Å². The Morgan fingerprint density at radius 3 is 2.35 bits per heavy atom. The van der Waals surface area contributed by atoms with Crippen LogP contribution in [0.25, 0.3) is 0 Å². The molecule has 0 saturated heterocycles. The molecule has 0 aromatic carbocycles. The molecule has 2 N–H and O–H groups in total. The van der Waals surface area contributed by atoms with Crippen LogP contribution in [0.5, 0.6) is 0 Å². The topological polar surface area (TPSA) is 66.4 Å². The normalized spacial score (nSPS) is 40.8. The average molecular weight is 281 g/mol. The highest BCUT2D eigenvalue weighted by Crippen LogP contribution is 2.38. The zero-order chi connectivity index (χ0) is 14.9. The second kappa shape index (κ2) is 6.15. The van der Waals surface area contributed by atoms with Gasteiger partial charge < -0.3 is 10.4 Å². The van der Waals surface area contributed by atoms with Gasteiger partial charge in [0.2, 0.25) is 5.91 Å². The molecular weight excluding hydrogens is 254 g/mol. The van der Waals surface area contributed by atoms with Gasteiger partial charge in [-0.15, -0.1) is 0 Å². The van der Waals surface area contributed by atoms with Crippen molar-refractivity contribution in [2.75, 3.05) is 0 Å². The van der Waals surface area contributed by atoms with Crippen LogP contribution in [0.2, 0.25) is 0 Å². The Morgan fingerprint density at radius 1 is 1.15 bits per heavy atom. The average Bonchev–Trinajstić information content (AvgIpc) is 2.94. The minimum absolute atomic E-state index is 0.0321. The third kappa shape index (κ3) is 2.99. The summed E-state index contributed by atoms with van der Waals surface area (Å²) >= 11 is 0. The van der Waals surface area contributed by atoms with Gasteiger partial charge in [0.15, 0.2) is 0 Å². The van der Waals surface area contributed by atoms with Crippen LogP contribution < -0.4 is 5.32 Å². The van der Waals surface area contributed by atoms with Gasteiger partial charge in [-0.2, -0.15) is 0 Å². The number of nitrogens with one attached hydrogen (secondary N) is 1. The lowest BCUT2D eigenvalue weighted by molar-refractivity contribution is -0.146. The number of carboxylic acid groups (broad SMARTS) is 1. The Balaban J connectivity index is 1.96. The first kappa shape index (κ1) is 15.3. The van der Waals surface area contributed by atoms with Crippen molar-refractivity contribution in [2.45, 2.75) is 58.9 Å². The largest absolute Gasteiger partial charge is 0.481 e. The number of carboxylic acids is 1. The molecule has 6 atom stereocenters. The van der Waals surface area contributed by atoms with Crippen LogP contribution in [0.15, 0.2) is 0 Å². The molecule has 2 saturated carbocycles. The van der Waals surface area contributed by atoms with Crippen LogP contribution in [-0.4, -0.2) is 23.0 Å². The monoisotopic (exact) mass is 281 g/mol. The van der Waals surface area contributed by atoms with Crippen LogP contribution >= 0.6 is 0 Å². The lowest BCUT2D eigenvalue weighted by Crippen LogP contribution is -2.43. The summed E-state index contributed by atoms with van der Waals surface area (Å²) < 4.78 is 0. The second-order valence-corrected chi connectivity index (χ2v) is 6.85. The van der Waals surface area contributed by atoms with Crippen molar-refractivity contribution in [1.29, 1.82) is 0 Å². The number of rotatable bonds is 4. The summed E-state index contributed by atoms with van der Waals surface area (Å²) in [6.45, 7) is 6.44. The van der Waals surface area contributed by atoms with Gasteiger partial charge in [-0.1, -0.05) is 27.2 Å². The Kier molecular flexibility index (Phi) is 4.71. The van der Waals surface area contributed by atoms with Gasteiger partial charge in [-0.3, -0.25) is 9.59 Å². The predicted molar refractivity (Wildman–Crippen MR) is 77.1 cm³/mol. The van der Waals surface area contributed by atoms with Gasteiger partial charge in [-0.05, 0) is 43.4 Å². The van der Waals surface area contributed by atoms with E-state index in [1.165, 1.54) is 6.42 Å². The Labute approximate surface area is 121 Å². The van der Waals surface area contributed by atoms with E-state index in [4.69, 9.17) is 0 Å². The smallest absolute Gasteiger partial charge is 0.307 e. The molecule has 0 heterocycles. The van der Waals surface area contributed by atoms with E-state index in [1.807, 2.05) is 6.92 Å². The summed E-state index contributed by atoms with van der Waals surface area (Å²) in [5.41, 5.74) is 0. The fraction of sp³-hybridized carbons (Fsp3) is 0.875. The third-order valence-electron chi connectivity index (χ3n) is 5.53. The van der Waals surface area contributed by atoms with Crippen LogP contribution in [0.1, 0.15) is 52.9 Å². The van der Waals surface area contributed by atoms with Gasteiger partial charge in [-0.25, -0.2) is 0 Å². The molecule has 6 unspecified atom stereocenters. The number of hydrogen-bond donors (Lipinski definition) is 2. The van der Waals surface area contributed by atoms with Crippen molar-refractivity contribution in [1.82, 2.24) is 5.32 Å². The van der Waals surface area contributed by atoms with Crippen molar-refractivity contribution in [3.05, 3.63) is 0 Å². The Morgan fingerprint density at radius 2 is 1.80 bits per heavy atom. The van der Waals surface area contributed by atoms with Gasteiger partial charge in [0.05, 0.1) is 11.8 Å². The van der Waals surface area contributed by atoms with Crippen molar-refractivity contribution >= 4 is 11.9 Å². The molecule has 0 aliphatic heterocycles. The van der Waals surface area contributed by atoms with Gasteiger partial charge in [0.1, 0.15) is 0 Å². The summed E-state index contributed by atoms with van der Waals surface area (Å²) in [6, 6.07) is 0.234. The maximum atomic E-state index is 12.4. The van der Waals surface area contributed by atoms with E-state index >= 15 is 0 Å². The van der Waals surface area contributed by atoms with Crippen LogP contribution in [0.3, 0.4) is 0 Å². The van der Waals surface area contributed by atoms with Crippen molar-refractivity contribution in [3.8, 4) is 0 Å². The minimum Gasteiger partial charge on any atom is -0.481 e. The van der Waals surface area contributed by atoms with Gasteiger partial charge in [0.25, 0.3) is 0 Å². The number of amides is 1. The van der Waals surface area contributed by atoms with E-state index in [0.29, 0.717) is 30.6 Å². The molecule has 114 valence electrons. The van der Waals surface area contributed by atoms with E-state index in [1.54, 1.807) is 0 Å². The highest BCUT2D eigenvalue weighted by Gasteiger charge is 2.42. The first-order chi connectivity index (χ1) is 9.43. The summed E-state index contributed by atoms with van der Waals surface area (Å²) in [4.78, 5) is 23.7. The minimum atomic E-state index is -0.819. The molecule has 0 aromatic rings. The highest BCUT2D eigenvalue weighted by atomic mass is 16.4. The standard InChI is InChI=1S/C16H27NO3/c1-4-11-5-6-14(10(11)3)17-15(18)12-7-9(2)8-13(12)16(19)20/h9-14H,4-8H2,1-3H3,(H,17,18)(H,19,20). The molecule has 2 rings (SSSR count). The molecule has 0 radical (unpaired) electrons. The lowest BCUT2D eigenvalue weighted by Gasteiger charge is -2.24. The predicted octanol–water partition coefficient (Wildman–Crippen LogP) is 2.67. The molecule has 1 amide bonds. The van der Waals surface area contributed by atoms with Crippen molar-refractivity contribution < 1.29 is 14.7 Å². The first-order valence-electron chi connectivity index (χ1n) is 7.97. The summed E-state index contributed by atoms with van der Waals surface area (Å²) in [5, 5.41) is 12.4. The van der Waals surface area contributed by atoms with Gasteiger partial charge >= 0.3 is 5.97 Å². The number of carbonyl (C=O) groups is 2. The summed E-state index contributed by atoms with van der Waals surface area (Å²) in [7, 11) is 0. The van der Waals surface area contributed by atoms with E-state index in [2.05, 4.69) is 19.2 Å². The van der Waals surface area contributed by atoms with Crippen LogP contribution in [0.4, 0.5) is 0 Å². The zero-order valence-corrected chi connectivity index (χ0v) is 12.8. The quantitative estimate of drug-likeness (QED) is 0.832. The maximum Gasteiger partial charge on any atom is 0.307 e. The zero-order valence-electron chi connectivity index (χ0n) is 12.8. The fourth-order valence-electron chi connectivity index (χ4n) is 4.17. The molecule has 2 aliphatic carbocycles. The summed E-state index contributed by atoms with van der Waals surface area (Å²) in [5.74, 6) is -0.157. The number of aliphatic carboxylic acids is 1. The molecule has 0 bridgehead atoms. The van der Waals surface area contributed by atoms with E-state index in [-0.39, 0.29) is 17.9 Å². The van der Waals surface area contributed by atoms with Crippen molar-refractivity contribution in [3.63, 3.8) is 0 Å². The summed E-state index contributed by atoms with van der Waals surface area (Å²) in [6.07, 6.45) is 4.70. The van der Waals surface area contributed by atoms with Gasteiger partial charge in [0, 0.05) is 6.04 Å². The number of hydrogen-bond acceptors (Lipinski definition) is 2. The maximum absolute atomic E-state index is 12.4. The fourth-order valence-corrected chi connectivity index (χ4v) is 4.17. The van der Waals surface area contributed by atoms with Crippen LogP contribution in [-0.2, 0) is 9.59 Å². The molecule has 0 aromatic heterocycles. The van der Waals surface area contributed by atoms with E-state index in [9.17, 15) is 14.7 Å². The second-order valence-electron chi connectivity index (χ2n) is 6.85.